The molecule has 4 aromatic carbocycles. The number of fused-ring (bicyclic) bond motifs is 3. The van der Waals surface area contributed by atoms with Gasteiger partial charge >= 0.3 is 0 Å². The molecule has 182 valence electrons. The largest absolute Gasteiger partial charge is 0.491 e. The summed E-state index contributed by atoms with van der Waals surface area (Å²) in [4.78, 5) is 0. The van der Waals surface area contributed by atoms with Crippen molar-refractivity contribution in [2.75, 3.05) is 25.7 Å². The number of halogens is 1. The van der Waals surface area contributed by atoms with E-state index < -0.39 is 11.5 Å². The van der Waals surface area contributed by atoms with E-state index in [1.165, 1.54) is 27.8 Å². The molecule has 1 N–H and O–H groups in total. The summed E-state index contributed by atoms with van der Waals surface area (Å²) in [5.74, 6) is 1.68. The van der Waals surface area contributed by atoms with Gasteiger partial charge < -0.3 is 19.3 Å². The number of epoxide rings is 1. The van der Waals surface area contributed by atoms with E-state index in [1.54, 1.807) is 0 Å². The second kappa shape index (κ2) is 9.62. The molecule has 1 aliphatic heterocycles. The highest BCUT2D eigenvalue weighted by molar-refractivity contribution is 6.18. The lowest BCUT2D eigenvalue weighted by molar-refractivity contribution is 0.125. The van der Waals surface area contributed by atoms with Crippen LogP contribution in [-0.4, -0.2) is 43.0 Å². The molecule has 0 bridgehead atoms. The van der Waals surface area contributed by atoms with Crippen molar-refractivity contribution in [3.63, 3.8) is 0 Å². The Kier molecular flexibility index (Phi) is 6.18. The fourth-order valence-electron chi connectivity index (χ4n) is 5.22. The van der Waals surface area contributed by atoms with Gasteiger partial charge in [-0.05, 0) is 57.6 Å². The van der Waals surface area contributed by atoms with Crippen molar-refractivity contribution >= 4 is 11.6 Å². The van der Waals surface area contributed by atoms with Gasteiger partial charge in [-0.1, -0.05) is 72.8 Å². The van der Waals surface area contributed by atoms with Crippen molar-refractivity contribution in [3.05, 3.63) is 119 Å². The quantitative estimate of drug-likeness (QED) is 0.206. The summed E-state index contributed by atoms with van der Waals surface area (Å²) in [6.07, 6.45) is -0.477. The molecule has 5 heteroatoms. The number of benzene rings is 4. The maximum atomic E-state index is 9.77. The summed E-state index contributed by atoms with van der Waals surface area (Å²) in [5.41, 5.74) is 6.80. The van der Waals surface area contributed by atoms with Crippen LogP contribution in [0.4, 0.5) is 0 Å². The Morgan fingerprint density at radius 1 is 0.778 bits per heavy atom. The zero-order chi connectivity index (χ0) is 24.5. The molecule has 0 amide bonds. The zero-order valence-electron chi connectivity index (χ0n) is 19.8. The Hall–Kier alpha value is -3.31. The lowest BCUT2D eigenvalue weighted by Gasteiger charge is -2.34. The highest BCUT2D eigenvalue weighted by Gasteiger charge is 2.45. The average molecular weight is 499 g/mol. The maximum Gasteiger partial charge on any atom is 0.119 e. The van der Waals surface area contributed by atoms with E-state index in [1.807, 2.05) is 24.3 Å². The molecule has 6 rings (SSSR count). The van der Waals surface area contributed by atoms with Crippen LogP contribution in [0, 0.1) is 0 Å². The standard InChI is InChI=1S/C31H27ClO4/c32-17-23(33)18-34-24-13-9-21(10-14-24)31(22-11-15-25(16-12-22)35-19-26-20-36-26)29-7-3-1-5-27(29)28-6-2-4-8-30(28)31/h1-16,23,26,33H,17-20H2/t23-,26+/m1/s1. The number of aliphatic hydroxyl groups excluding tert-OH is 1. The third-order valence-electron chi connectivity index (χ3n) is 6.99. The minimum Gasteiger partial charge on any atom is -0.491 e. The summed E-state index contributed by atoms with van der Waals surface area (Å²) in [7, 11) is 0. The van der Waals surface area contributed by atoms with Crippen LogP contribution in [-0.2, 0) is 10.2 Å². The van der Waals surface area contributed by atoms with Crippen molar-refractivity contribution in [1.29, 1.82) is 0 Å². The number of hydrogen-bond donors (Lipinski definition) is 1. The molecule has 0 saturated carbocycles. The van der Waals surface area contributed by atoms with Crippen LogP contribution < -0.4 is 9.47 Å². The van der Waals surface area contributed by atoms with E-state index in [0.717, 1.165) is 17.9 Å². The van der Waals surface area contributed by atoms with Gasteiger partial charge in [-0.15, -0.1) is 11.6 Å². The number of alkyl halides is 1. The van der Waals surface area contributed by atoms with Crippen molar-refractivity contribution in [2.45, 2.75) is 17.6 Å². The molecular weight excluding hydrogens is 472 g/mol. The third kappa shape index (κ3) is 4.05. The van der Waals surface area contributed by atoms with Crippen LogP contribution in [0.1, 0.15) is 22.3 Å². The Labute approximate surface area is 216 Å². The van der Waals surface area contributed by atoms with E-state index in [2.05, 4.69) is 72.8 Å². The number of aliphatic hydroxyl groups is 1. The predicted molar refractivity (Wildman–Crippen MR) is 141 cm³/mol. The molecule has 1 fully saturated rings. The lowest BCUT2D eigenvalue weighted by Crippen LogP contribution is -2.28. The first-order chi connectivity index (χ1) is 17.7. The van der Waals surface area contributed by atoms with Gasteiger partial charge in [-0.25, -0.2) is 0 Å². The van der Waals surface area contributed by atoms with Crippen LogP contribution in [0.15, 0.2) is 97.1 Å². The van der Waals surface area contributed by atoms with Crippen LogP contribution >= 0.6 is 11.6 Å². The second-order valence-corrected chi connectivity index (χ2v) is 9.58. The molecule has 36 heavy (non-hydrogen) atoms. The summed E-state index contributed by atoms with van der Waals surface area (Å²) >= 11 is 5.72. The van der Waals surface area contributed by atoms with Crippen molar-refractivity contribution in [3.8, 4) is 22.6 Å². The average Bonchev–Trinajstić information content (AvgIpc) is 3.73. The maximum absolute atomic E-state index is 9.77. The van der Waals surface area contributed by atoms with Gasteiger partial charge in [0.15, 0.2) is 0 Å². The molecule has 0 spiro atoms. The first-order valence-electron chi connectivity index (χ1n) is 12.2. The highest BCUT2D eigenvalue weighted by Crippen LogP contribution is 2.56. The van der Waals surface area contributed by atoms with Crippen molar-refractivity contribution in [2.24, 2.45) is 0 Å². The Morgan fingerprint density at radius 2 is 1.28 bits per heavy atom. The molecule has 2 aliphatic rings. The fourth-order valence-corrected chi connectivity index (χ4v) is 5.31. The Morgan fingerprint density at radius 3 is 1.78 bits per heavy atom. The lowest BCUT2D eigenvalue weighted by atomic mass is 9.68. The number of hydrogen-bond acceptors (Lipinski definition) is 4. The van der Waals surface area contributed by atoms with Gasteiger partial charge in [0.2, 0.25) is 0 Å². The van der Waals surface area contributed by atoms with Gasteiger partial charge in [0.25, 0.3) is 0 Å². The SMILES string of the molecule is O[C@H](CCl)COc1ccc(C2(c3ccc(OC[C@H]4CO4)cc3)c3ccccc3-c3ccccc32)cc1. The van der Waals surface area contributed by atoms with Gasteiger partial charge in [-0.3, -0.25) is 0 Å². The molecule has 4 aromatic rings. The molecular formula is C31H27ClO4. The van der Waals surface area contributed by atoms with Gasteiger partial charge in [0.1, 0.15) is 36.9 Å². The summed E-state index contributed by atoms with van der Waals surface area (Å²) in [6, 6.07) is 33.9. The molecule has 0 radical (unpaired) electrons. The van der Waals surface area contributed by atoms with E-state index in [4.69, 9.17) is 25.8 Å². The second-order valence-electron chi connectivity index (χ2n) is 9.28. The first-order valence-corrected chi connectivity index (χ1v) is 12.8. The number of rotatable bonds is 9. The molecule has 4 nitrogen and oxygen atoms in total. The molecule has 1 heterocycles. The van der Waals surface area contributed by atoms with Crippen LogP contribution in [0.3, 0.4) is 0 Å². The minimum atomic E-state index is -0.696. The number of ether oxygens (including phenoxy) is 3. The zero-order valence-corrected chi connectivity index (χ0v) is 20.5. The van der Waals surface area contributed by atoms with Gasteiger partial charge in [-0.2, -0.15) is 0 Å². The van der Waals surface area contributed by atoms with Gasteiger partial charge in [0, 0.05) is 0 Å². The highest BCUT2D eigenvalue weighted by atomic mass is 35.5. The summed E-state index contributed by atoms with van der Waals surface area (Å²) < 4.78 is 17.0. The summed E-state index contributed by atoms with van der Waals surface area (Å²) in [6.45, 7) is 1.52. The van der Waals surface area contributed by atoms with E-state index >= 15 is 0 Å². The smallest absolute Gasteiger partial charge is 0.119 e. The van der Waals surface area contributed by atoms with Crippen LogP contribution in [0.5, 0.6) is 11.5 Å². The molecule has 0 aromatic heterocycles. The molecule has 1 aliphatic carbocycles. The Bertz CT molecular complexity index is 1300. The van der Waals surface area contributed by atoms with Crippen LogP contribution in [0.25, 0.3) is 11.1 Å². The minimum absolute atomic E-state index is 0.141. The molecule has 1 saturated heterocycles. The van der Waals surface area contributed by atoms with Crippen molar-refractivity contribution < 1.29 is 19.3 Å². The molecule has 0 unspecified atom stereocenters. The third-order valence-corrected chi connectivity index (χ3v) is 7.34. The van der Waals surface area contributed by atoms with E-state index in [9.17, 15) is 5.11 Å². The van der Waals surface area contributed by atoms with E-state index in [0.29, 0.717) is 12.4 Å². The van der Waals surface area contributed by atoms with Crippen molar-refractivity contribution in [1.82, 2.24) is 0 Å². The fraction of sp³-hybridized carbons (Fsp3) is 0.226. The summed E-state index contributed by atoms with van der Waals surface area (Å²) in [5, 5.41) is 9.77. The molecule has 2 atom stereocenters. The predicted octanol–water partition coefficient (Wildman–Crippen LogP) is 5.81. The van der Waals surface area contributed by atoms with Crippen LogP contribution in [0.2, 0.25) is 0 Å². The normalized spacial score (nSPS) is 17.7. The van der Waals surface area contributed by atoms with Gasteiger partial charge in [0.05, 0.1) is 17.9 Å². The van der Waals surface area contributed by atoms with E-state index in [-0.39, 0.29) is 18.6 Å². The first kappa shape index (κ1) is 23.1. The Balaban J connectivity index is 1.46. The topological polar surface area (TPSA) is 51.2 Å². The monoisotopic (exact) mass is 498 g/mol.